The van der Waals surface area contributed by atoms with Gasteiger partial charge in [-0.2, -0.15) is 5.26 Å². The fourth-order valence-corrected chi connectivity index (χ4v) is 2.00. The van der Waals surface area contributed by atoms with Crippen molar-refractivity contribution in [2.45, 2.75) is 39.4 Å². The molecule has 2 rings (SSSR count). The van der Waals surface area contributed by atoms with Crippen molar-refractivity contribution in [1.82, 2.24) is 14.9 Å². The first-order chi connectivity index (χ1) is 9.87. The smallest absolute Gasteiger partial charge is 0.124 e. The zero-order chi connectivity index (χ0) is 15.5. The van der Waals surface area contributed by atoms with Crippen molar-refractivity contribution in [3.63, 3.8) is 0 Å². The molecule has 1 heterocycles. The number of nitriles is 1. The third-order valence-corrected chi connectivity index (χ3v) is 3.02. The number of hydrogen-bond donors (Lipinski definition) is 1. The summed E-state index contributed by atoms with van der Waals surface area (Å²) in [6.07, 6.45) is 3.58. The van der Waals surface area contributed by atoms with Crippen LogP contribution < -0.4 is 5.32 Å². The number of hydrogen-bond acceptors (Lipinski definition) is 3. The lowest BCUT2D eigenvalue weighted by Crippen LogP contribution is -2.36. The molecule has 0 spiro atoms. The van der Waals surface area contributed by atoms with Crippen LogP contribution in [0.2, 0.25) is 0 Å². The minimum Gasteiger partial charge on any atom is -0.329 e. The summed E-state index contributed by atoms with van der Waals surface area (Å²) in [5.74, 6) is 0.492. The van der Waals surface area contributed by atoms with E-state index in [2.05, 4.69) is 31.1 Å². The number of imidazole rings is 1. The highest BCUT2D eigenvalue weighted by Gasteiger charge is 2.11. The fourth-order valence-electron chi connectivity index (χ4n) is 2.00. The van der Waals surface area contributed by atoms with Gasteiger partial charge >= 0.3 is 0 Å². The summed E-state index contributed by atoms with van der Waals surface area (Å²) in [7, 11) is 0. The van der Waals surface area contributed by atoms with E-state index in [1.807, 2.05) is 16.8 Å². The Kier molecular flexibility index (Phi) is 4.39. The van der Waals surface area contributed by atoms with Crippen LogP contribution in [0.25, 0.3) is 0 Å². The van der Waals surface area contributed by atoms with Crippen LogP contribution in [0.1, 0.15) is 37.7 Å². The van der Waals surface area contributed by atoms with E-state index in [0.717, 1.165) is 11.4 Å². The van der Waals surface area contributed by atoms with Crippen LogP contribution in [-0.2, 0) is 13.1 Å². The topological polar surface area (TPSA) is 53.6 Å². The van der Waals surface area contributed by atoms with Gasteiger partial charge in [-0.05, 0) is 44.5 Å². The molecule has 2 aromatic rings. The van der Waals surface area contributed by atoms with E-state index in [1.54, 1.807) is 12.3 Å². The molecule has 0 bridgehead atoms. The molecule has 21 heavy (non-hydrogen) atoms. The van der Waals surface area contributed by atoms with Crippen molar-refractivity contribution >= 4 is 0 Å². The lowest BCUT2D eigenvalue weighted by atomic mass is 10.1. The number of halogens is 1. The van der Waals surface area contributed by atoms with Gasteiger partial charge in [0.15, 0.2) is 0 Å². The molecular weight excluding hydrogens is 267 g/mol. The van der Waals surface area contributed by atoms with Gasteiger partial charge in [-0.25, -0.2) is 9.37 Å². The molecule has 1 aromatic carbocycles. The Bertz CT molecular complexity index is 662. The minimum absolute atomic E-state index is 0.00358. The Hall–Kier alpha value is -2.19. The number of nitrogens with zero attached hydrogens (tertiary/aromatic N) is 3. The normalized spacial score (nSPS) is 11.4. The van der Waals surface area contributed by atoms with E-state index in [9.17, 15) is 4.39 Å². The molecule has 0 radical (unpaired) electrons. The van der Waals surface area contributed by atoms with Gasteiger partial charge in [-0.15, -0.1) is 0 Å². The Morgan fingerprint density at radius 3 is 2.76 bits per heavy atom. The average molecular weight is 286 g/mol. The molecule has 0 atom stereocenters. The molecule has 110 valence electrons. The summed E-state index contributed by atoms with van der Waals surface area (Å²) in [5.41, 5.74) is 1.09. The lowest BCUT2D eigenvalue weighted by Gasteiger charge is -2.20. The van der Waals surface area contributed by atoms with Gasteiger partial charge in [0.1, 0.15) is 11.6 Å². The third kappa shape index (κ3) is 4.40. The molecule has 0 aliphatic rings. The molecule has 0 fully saturated rings. The molecule has 1 N–H and O–H groups in total. The van der Waals surface area contributed by atoms with Gasteiger partial charge in [-0.3, -0.25) is 0 Å². The van der Waals surface area contributed by atoms with Gasteiger partial charge < -0.3 is 9.88 Å². The Balaban J connectivity index is 2.16. The zero-order valence-corrected chi connectivity index (χ0v) is 12.5. The van der Waals surface area contributed by atoms with Gasteiger partial charge in [-0.1, -0.05) is 0 Å². The Morgan fingerprint density at radius 1 is 1.33 bits per heavy atom. The highest BCUT2D eigenvalue weighted by molar-refractivity contribution is 5.33. The van der Waals surface area contributed by atoms with E-state index in [1.165, 1.54) is 12.1 Å². The molecule has 4 nitrogen and oxygen atoms in total. The lowest BCUT2D eigenvalue weighted by molar-refractivity contribution is 0.413. The van der Waals surface area contributed by atoms with Crippen molar-refractivity contribution in [3.05, 3.63) is 53.4 Å². The maximum absolute atomic E-state index is 13.5. The summed E-state index contributed by atoms with van der Waals surface area (Å²) in [6, 6.07) is 6.35. The van der Waals surface area contributed by atoms with Crippen molar-refractivity contribution in [2.24, 2.45) is 0 Å². The van der Waals surface area contributed by atoms with Crippen LogP contribution in [0.3, 0.4) is 0 Å². The summed E-state index contributed by atoms with van der Waals surface area (Å²) in [6.45, 7) is 7.40. The summed E-state index contributed by atoms with van der Waals surface area (Å²) in [4.78, 5) is 4.32. The number of rotatable bonds is 4. The van der Waals surface area contributed by atoms with Crippen LogP contribution in [0.4, 0.5) is 4.39 Å². The number of benzene rings is 1. The second-order valence-corrected chi connectivity index (χ2v) is 6.03. The first-order valence-corrected chi connectivity index (χ1v) is 6.82. The number of aromatic nitrogens is 2. The monoisotopic (exact) mass is 286 g/mol. The second-order valence-electron chi connectivity index (χ2n) is 6.03. The van der Waals surface area contributed by atoms with E-state index in [4.69, 9.17) is 5.26 Å². The van der Waals surface area contributed by atoms with E-state index in [-0.39, 0.29) is 5.54 Å². The first-order valence-electron chi connectivity index (χ1n) is 6.82. The molecular formula is C16H19FN4. The Morgan fingerprint density at radius 2 is 2.10 bits per heavy atom. The summed E-state index contributed by atoms with van der Waals surface area (Å²) >= 11 is 0. The predicted molar refractivity (Wildman–Crippen MR) is 79.0 cm³/mol. The third-order valence-electron chi connectivity index (χ3n) is 3.02. The summed E-state index contributed by atoms with van der Waals surface area (Å²) in [5, 5.41) is 12.3. The molecule has 0 aliphatic carbocycles. The standard InChI is InChI=1S/C16H19FN4/c1-16(2,3)20-10-15-19-4-5-21(15)11-13-6-12(9-18)7-14(17)8-13/h4-8,20H,10-11H2,1-3H3. The summed E-state index contributed by atoms with van der Waals surface area (Å²) < 4.78 is 15.4. The quantitative estimate of drug-likeness (QED) is 0.940. The SMILES string of the molecule is CC(C)(C)NCc1nccn1Cc1cc(F)cc(C#N)c1. The second kappa shape index (κ2) is 6.06. The molecule has 0 saturated carbocycles. The molecule has 0 amide bonds. The molecule has 0 saturated heterocycles. The van der Waals surface area contributed by atoms with Crippen LogP contribution in [0, 0.1) is 17.1 Å². The maximum Gasteiger partial charge on any atom is 0.124 e. The minimum atomic E-state index is -0.390. The zero-order valence-electron chi connectivity index (χ0n) is 12.5. The highest BCUT2D eigenvalue weighted by Crippen LogP contribution is 2.12. The highest BCUT2D eigenvalue weighted by atomic mass is 19.1. The molecule has 0 aliphatic heterocycles. The Labute approximate surface area is 124 Å². The first kappa shape index (κ1) is 15.2. The van der Waals surface area contributed by atoms with Crippen molar-refractivity contribution in [2.75, 3.05) is 0 Å². The average Bonchev–Trinajstić information content (AvgIpc) is 2.82. The van der Waals surface area contributed by atoms with Crippen molar-refractivity contribution < 1.29 is 4.39 Å². The van der Waals surface area contributed by atoms with Crippen molar-refractivity contribution in [3.8, 4) is 6.07 Å². The van der Waals surface area contributed by atoms with Gasteiger partial charge in [0, 0.05) is 24.5 Å². The number of nitrogens with one attached hydrogen (secondary N) is 1. The van der Waals surface area contributed by atoms with Crippen LogP contribution in [0.15, 0.2) is 30.6 Å². The van der Waals surface area contributed by atoms with Crippen LogP contribution in [-0.4, -0.2) is 15.1 Å². The van der Waals surface area contributed by atoms with Crippen molar-refractivity contribution in [1.29, 1.82) is 5.26 Å². The van der Waals surface area contributed by atoms with Gasteiger partial charge in [0.05, 0.1) is 18.2 Å². The van der Waals surface area contributed by atoms with Crippen LogP contribution >= 0.6 is 0 Å². The van der Waals surface area contributed by atoms with Gasteiger partial charge in [0.2, 0.25) is 0 Å². The van der Waals surface area contributed by atoms with E-state index in [0.29, 0.717) is 18.7 Å². The fraction of sp³-hybridized carbons (Fsp3) is 0.375. The van der Waals surface area contributed by atoms with E-state index >= 15 is 0 Å². The van der Waals surface area contributed by atoms with E-state index < -0.39 is 5.82 Å². The van der Waals surface area contributed by atoms with Crippen LogP contribution in [0.5, 0.6) is 0 Å². The molecule has 1 aromatic heterocycles. The largest absolute Gasteiger partial charge is 0.329 e. The molecule has 0 unspecified atom stereocenters. The predicted octanol–water partition coefficient (Wildman–Crippen LogP) is 2.83. The molecule has 5 heteroatoms. The van der Waals surface area contributed by atoms with Gasteiger partial charge in [0.25, 0.3) is 0 Å². The maximum atomic E-state index is 13.5.